The van der Waals surface area contributed by atoms with Crippen molar-refractivity contribution in [2.75, 3.05) is 0 Å². The van der Waals surface area contributed by atoms with Gasteiger partial charge in [0.1, 0.15) is 0 Å². The maximum Gasteiger partial charge on any atom is 0.270 e. The fourth-order valence-corrected chi connectivity index (χ4v) is 1.81. The van der Waals surface area contributed by atoms with Crippen molar-refractivity contribution in [2.45, 2.75) is 32.7 Å². The molecule has 1 aromatic rings. The molecule has 1 rings (SSSR count). The van der Waals surface area contributed by atoms with Gasteiger partial charge >= 0.3 is 0 Å². The Morgan fingerprint density at radius 1 is 1.56 bits per heavy atom. The van der Waals surface area contributed by atoms with Crippen molar-refractivity contribution in [3.05, 3.63) is 38.9 Å². The summed E-state index contributed by atoms with van der Waals surface area (Å²) >= 11 is 5.87. The average molecular weight is 271 g/mol. The van der Waals surface area contributed by atoms with Crippen molar-refractivity contribution in [1.29, 1.82) is 0 Å². The lowest BCUT2D eigenvalue weighted by Crippen LogP contribution is -2.32. The fourth-order valence-electron chi connectivity index (χ4n) is 1.61. The topological polar surface area (TPSA) is 72.2 Å². The van der Waals surface area contributed by atoms with Crippen LogP contribution in [0.1, 0.15) is 37.0 Å². The molecule has 5 nitrogen and oxygen atoms in total. The van der Waals surface area contributed by atoms with Gasteiger partial charge in [-0.1, -0.05) is 24.9 Å². The minimum absolute atomic E-state index is 0.0119. The molecule has 0 saturated heterocycles. The zero-order chi connectivity index (χ0) is 13.7. The molecule has 0 saturated carbocycles. The van der Waals surface area contributed by atoms with E-state index >= 15 is 0 Å². The normalized spacial score (nSPS) is 11.9. The second-order valence-electron chi connectivity index (χ2n) is 4.08. The maximum atomic E-state index is 11.9. The molecular weight excluding hydrogens is 256 g/mol. The third kappa shape index (κ3) is 3.70. The van der Waals surface area contributed by atoms with E-state index in [1.807, 2.05) is 13.8 Å². The Balaban J connectivity index is 2.91. The summed E-state index contributed by atoms with van der Waals surface area (Å²) in [5.41, 5.74) is -0.0125. The summed E-state index contributed by atoms with van der Waals surface area (Å²) in [5, 5.41) is 13.6. The van der Waals surface area contributed by atoms with E-state index in [1.165, 1.54) is 18.2 Å². The van der Waals surface area contributed by atoms with Gasteiger partial charge < -0.3 is 5.32 Å². The molecule has 1 amide bonds. The molecular formula is C12H15ClN2O3. The third-order valence-corrected chi connectivity index (χ3v) is 2.83. The molecule has 0 spiro atoms. The molecule has 18 heavy (non-hydrogen) atoms. The first-order valence-corrected chi connectivity index (χ1v) is 6.08. The van der Waals surface area contributed by atoms with E-state index in [2.05, 4.69) is 5.32 Å². The first-order valence-electron chi connectivity index (χ1n) is 5.70. The smallest absolute Gasteiger partial charge is 0.270 e. The Morgan fingerprint density at radius 2 is 2.22 bits per heavy atom. The Kier molecular flexibility index (Phi) is 5.09. The zero-order valence-corrected chi connectivity index (χ0v) is 11.0. The number of hydrogen-bond acceptors (Lipinski definition) is 3. The molecule has 0 aliphatic heterocycles. The standard InChI is InChI=1S/C12H15ClN2O3/c1-3-4-8(2)14-12(16)10-7-9(15(17)18)5-6-11(10)13/h5-8H,3-4H2,1-2H3,(H,14,16). The number of non-ortho nitro benzene ring substituents is 1. The van der Waals surface area contributed by atoms with Crippen molar-refractivity contribution in [1.82, 2.24) is 5.32 Å². The van der Waals surface area contributed by atoms with Gasteiger partial charge in [0.2, 0.25) is 0 Å². The first-order chi connectivity index (χ1) is 8.45. The number of nitrogens with zero attached hydrogens (tertiary/aromatic N) is 1. The molecule has 1 aromatic carbocycles. The highest BCUT2D eigenvalue weighted by atomic mass is 35.5. The molecule has 0 aliphatic carbocycles. The third-order valence-electron chi connectivity index (χ3n) is 2.50. The summed E-state index contributed by atoms with van der Waals surface area (Å²) in [4.78, 5) is 22.0. The fraction of sp³-hybridized carbons (Fsp3) is 0.417. The SMILES string of the molecule is CCCC(C)NC(=O)c1cc([N+](=O)[O-])ccc1Cl. The number of carbonyl (C=O) groups excluding carboxylic acids is 1. The zero-order valence-electron chi connectivity index (χ0n) is 10.3. The quantitative estimate of drug-likeness (QED) is 0.660. The molecule has 1 unspecified atom stereocenters. The van der Waals surface area contributed by atoms with Gasteiger partial charge in [-0.25, -0.2) is 0 Å². The molecule has 98 valence electrons. The molecule has 0 aliphatic rings. The lowest BCUT2D eigenvalue weighted by Gasteiger charge is -2.13. The van der Waals surface area contributed by atoms with Crippen LogP contribution in [0.5, 0.6) is 0 Å². The summed E-state index contributed by atoms with van der Waals surface area (Å²) in [6, 6.07) is 3.84. The van der Waals surface area contributed by atoms with E-state index in [0.29, 0.717) is 0 Å². The summed E-state index contributed by atoms with van der Waals surface area (Å²) in [6.45, 7) is 3.90. The predicted molar refractivity (Wildman–Crippen MR) is 69.9 cm³/mol. The molecule has 6 heteroatoms. The summed E-state index contributed by atoms with van der Waals surface area (Å²) in [6.07, 6.45) is 1.79. The van der Waals surface area contributed by atoms with Gasteiger partial charge in [0.15, 0.2) is 0 Å². The minimum atomic E-state index is -0.553. The number of hydrogen-bond donors (Lipinski definition) is 1. The van der Waals surface area contributed by atoms with Gasteiger partial charge in [0.05, 0.1) is 15.5 Å². The van der Waals surface area contributed by atoms with Crippen molar-refractivity contribution in [3.8, 4) is 0 Å². The Bertz CT molecular complexity index is 463. The van der Waals surface area contributed by atoms with Crippen LogP contribution >= 0.6 is 11.6 Å². The van der Waals surface area contributed by atoms with E-state index in [4.69, 9.17) is 11.6 Å². The van der Waals surface area contributed by atoms with E-state index in [1.54, 1.807) is 0 Å². The Labute approximate surface area is 110 Å². The molecule has 1 atom stereocenters. The van der Waals surface area contributed by atoms with Crippen LogP contribution < -0.4 is 5.32 Å². The van der Waals surface area contributed by atoms with Crippen LogP contribution in [0, 0.1) is 10.1 Å². The molecule has 0 heterocycles. The van der Waals surface area contributed by atoms with Gasteiger partial charge in [-0.2, -0.15) is 0 Å². The summed E-state index contributed by atoms with van der Waals surface area (Å²) < 4.78 is 0. The predicted octanol–water partition coefficient (Wildman–Crippen LogP) is 3.17. The van der Waals surface area contributed by atoms with Crippen LogP contribution in [-0.2, 0) is 0 Å². The lowest BCUT2D eigenvalue weighted by molar-refractivity contribution is -0.384. The van der Waals surface area contributed by atoms with Crippen LogP contribution in [-0.4, -0.2) is 16.9 Å². The van der Waals surface area contributed by atoms with E-state index in [0.717, 1.165) is 12.8 Å². The molecule has 0 fully saturated rings. The second-order valence-corrected chi connectivity index (χ2v) is 4.49. The summed E-state index contributed by atoms with van der Waals surface area (Å²) in [5.74, 6) is -0.385. The van der Waals surface area contributed by atoms with Gasteiger partial charge in [-0.3, -0.25) is 14.9 Å². The number of carbonyl (C=O) groups is 1. The molecule has 0 aromatic heterocycles. The highest BCUT2D eigenvalue weighted by Gasteiger charge is 2.16. The maximum absolute atomic E-state index is 11.9. The van der Waals surface area contributed by atoms with Crippen LogP contribution in [0.3, 0.4) is 0 Å². The summed E-state index contributed by atoms with van der Waals surface area (Å²) in [7, 11) is 0. The first kappa shape index (κ1) is 14.4. The number of nitro benzene ring substituents is 1. The van der Waals surface area contributed by atoms with Crippen molar-refractivity contribution in [3.63, 3.8) is 0 Å². The Morgan fingerprint density at radius 3 is 2.78 bits per heavy atom. The molecule has 0 bridgehead atoms. The number of benzene rings is 1. The van der Waals surface area contributed by atoms with Gasteiger partial charge in [-0.15, -0.1) is 0 Å². The number of rotatable bonds is 5. The highest BCUT2D eigenvalue weighted by Crippen LogP contribution is 2.22. The second kappa shape index (κ2) is 6.35. The van der Waals surface area contributed by atoms with Crippen LogP contribution in [0.2, 0.25) is 5.02 Å². The van der Waals surface area contributed by atoms with Crippen LogP contribution in [0.25, 0.3) is 0 Å². The average Bonchev–Trinajstić information content (AvgIpc) is 2.29. The number of nitro groups is 1. The number of nitrogens with one attached hydrogen (secondary N) is 1. The Hall–Kier alpha value is -1.62. The van der Waals surface area contributed by atoms with E-state index in [9.17, 15) is 14.9 Å². The van der Waals surface area contributed by atoms with Crippen LogP contribution in [0.15, 0.2) is 18.2 Å². The van der Waals surface area contributed by atoms with Crippen molar-refractivity contribution in [2.24, 2.45) is 0 Å². The highest BCUT2D eigenvalue weighted by molar-refractivity contribution is 6.33. The molecule has 0 radical (unpaired) electrons. The number of halogens is 1. The monoisotopic (exact) mass is 270 g/mol. The van der Waals surface area contributed by atoms with Crippen molar-refractivity contribution >= 4 is 23.2 Å². The molecule has 1 N–H and O–H groups in total. The van der Waals surface area contributed by atoms with E-state index in [-0.39, 0.29) is 28.2 Å². The van der Waals surface area contributed by atoms with Crippen molar-refractivity contribution < 1.29 is 9.72 Å². The largest absolute Gasteiger partial charge is 0.350 e. The van der Waals surface area contributed by atoms with Gasteiger partial charge in [-0.05, 0) is 19.4 Å². The lowest BCUT2D eigenvalue weighted by atomic mass is 10.1. The van der Waals surface area contributed by atoms with Gasteiger partial charge in [0.25, 0.3) is 11.6 Å². The van der Waals surface area contributed by atoms with E-state index < -0.39 is 4.92 Å². The minimum Gasteiger partial charge on any atom is -0.350 e. The van der Waals surface area contributed by atoms with Crippen LogP contribution in [0.4, 0.5) is 5.69 Å². The van der Waals surface area contributed by atoms with Gasteiger partial charge in [0, 0.05) is 18.2 Å². The number of amides is 1.